The Hall–Kier alpha value is 1.69. The third-order valence-corrected chi connectivity index (χ3v) is 0. The van der Waals surface area contributed by atoms with Crippen molar-refractivity contribution in [1.82, 2.24) is 0 Å². The van der Waals surface area contributed by atoms with E-state index in [0.717, 1.165) is 0 Å². The molecule has 0 aromatic rings. The van der Waals surface area contributed by atoms with E-state index in [1.165, 1.54) is 0 Å². The first kappa shape index (κ1) is 17.3. The summed E-state index contributed by atoms with van der Waals surface area (Å²) in [5, 5.41) is 0. The molecular weight excluding hydrogens is 278 g/mol. The topological polar surface area (TPSA) is 17.1 Å². The summed E-state index contributed by atoms with van der Waals surface area (Å²) in [7, 11) is 0.611. The van der Waals surface area contributed by atoms with Gasteiger partial charge in [-0.05, 0) is 0 Å². The van der Waals surface area contributed by atoms with E-state index in [9.17, 15) is 0 Å². The second-order valence-corrected chi connectivity index (χ2v) is 0. The summed E-state index contributed by atoms with van der Waals surface area (Å²) in [5.74, 6) is 0. The molecule has 0 aliphatic carbocycles. The van der Waals surface area contributed by atoms with Gasteiger partial charge in [-0.2, -0.15) is 0 Å². The molecule has 4 heavy (non-hydrogen) atoms. The molecule has 0 rings (SSSR count). The molecule has 0 bridgehead atoms. The van der Waals surface area contributed by atoms with Crippen LogP contribution < -0.4 is 0 Å². The Morgan fingerprint density at radius 3 is 1.25 bits per heavy atom. The maximum absolute atomic E-state index is 8.28. The van der Waals surface area contributed by atoms with Crippen molar-refractivity contribution >= 4 is 59.9 Å². The number of rotatable bonds is 0. The Morgan fingerprint density at radius 1 is 1.25 bits per heavy atom. The molecule has 4 heteroatoms. The molecule has 0 N–H and O–H groups in total. The van der Waals surface area contributed by atoms with Crippen LogP contribution in [0.2, 0.25) is 0 Å². The standard InChI is InChI=1S/In.H2OSi.Sn.7H/c;1-2;;;;;;;;/h;2H2;;;;;;;;. The van der Waals surface area contributed by atoms with Crippen LogP contribution in [0.4, 0.5) is 0 Å². The van der Waals surface area contributed by atoms with Gasteiger partial charge in [-0.25, -0.2) is 0 Å². The van der Waals surface area contributed by atoms with Gasteiger partial charge in [0.05, 0.1) is 0 Å². The van der Waals surface area contributed by atoms with Gasteiger partial charge in [-0.3, -0.25) is 0 Å². The maximum atomic E-state index is 8.28. The van der Waals surface area contributed by atoms with Crippen LogP contribution in [0.15, 0.2) is 0 Å². The monoisotopic (exact) mass is 288 g/mol. The fourth-order valence-electron chi connectivity index (χ4n) is 0. The summed E-state index contributed by atoms with van der Waals surface area (Å²) in [6, 6.07) is 0. The summed E-state index contributed by atoms with van der Waals surface area (Å²) in [6.07, 6.45) is 0. The van der Waals surface area contributed by atoms with Gasteiger partial charge < -0.3 is 4.46 Å². The third kappa shape index (κ3) is 9.36. The van der Waals surface area contributed by atoms with Crippen molar-refractivity contribution in [1.29, 1.82) is 0 Å². The predicted molar refractivity (Wildman–Crippen MR) is 30.5 cm³/mol. The minimum atomic E-state index is 0. The van der Waals surface area contributed by atoms with Crippen molar-refractivity contribution < 1.29 is 4.46 Å². The SMILES string of the molecule is O=[SiH2].[InH3].[SnH4]. The van der Waals surface area contributed by atoms with E-state index in [4.69, 9.17) is 4.46 Å². The van der Waals surface area contributed by atoms with Gasteiger partial charge in [0.1, 0.15) is 0 Å². The zero-order valence-corrected chi connectivity index (χ0v) is 2.53. The predicted octanol–water partition coefficient (Wildman–Crippen LogP) is -3.67. The first-order valence-corrected chi connectivity index (χ1v) is 0.866. The molecule has 0 aromatic carbocycles. The van der Waals surface area contributed by atoms with Crippen LogP contribution >= 0.6 is 0 Å². The third-order valence-electron chi connectivity index (χ3n) is 0. The van der Waals surface area contributed by atoms with Crippen molar-refractivity contribution in [2.24, 2.45) is 0 Å². The van der Waals surface area contributed by atoms with Gasteiger partial charge in [0, 0.05) is 0 Å². The number of hydrogen-bond acceptors (Lipinski definition) is 1. The number of hydrogen-bond donors (Lipinski definition) is 0. The molecule has 0 atom stereocenters. The molecule has 0 heterocycles. The van der Waals surface area contributed by atoms with E-state index in [2.05, 4.69) is 0 Å². The Morgan fingerprint density at radius 2 is 1.25 bits per heavy atom. The molecule has 0 saturated heterocycles. The first-order chi connectivity index (χ1) is 1.00. The molecule has 0 spiro atoms. The quantitative estimate of drug-likeness (QED) is 0.420. The average Bonchev–Trinajstić information content (AvgIpc) is 1.00. The summed E-state index contributed by atoms with van der Waals surface area (Å²) in [6.45, 7) is 0. The molecule has 26 valence electrons. The van der Waals surface area contributed by atoms with Crippen LogP contribution in [0.5, 0.6) is 0 Å². The molecule has 0 amide bonds. The van der Waals surface area contributed by atoms with Crippen LogP contribution in [-0.2, 0) is 4.46 Å². The van der Waals surface area contributed by atoms with E-state index < -0.39 is 0 Å². The van der Waals surface area contributed by atoms with E-state index in [1.807, 2.05) is 0 Å². The normalized spacial score (nSPS) is 1.00. The van der Waals surface area contributed by atoms with Crippen molar-refractivity contribution in [3.8, 4) is 0 Å². The van der Waals surface area contributed by atoms with Gasteiger partial charge >= 0.3 is 49.8 Å². The summed E-state index contributed by atoms with van der Waals surface area (Å²) < 4.78 is 8.28. The summed E-state index contributed by atoms with van der Waals surface area (Å²) >= 11 is 0. The van der Waals surface area contributed by atoms with Crippen LogP contribution in [0.25, 0.3) is 0 Å². The van der Waals surface area contributed by atoms with Crippen molar-refractivity contribution in [3.05, 3.63) is 0 Å². The molecule has 0 fully saturated rings. The van der Waals surface area contributed by atoms with Crippen LogP contribution in [0, 0.1) is 0 Å². The summed E-state index contributed by atoms with van der Waals surface area (Å²) in [4.78, 5) is 0. The van der Waals surface area contributed by atoms with Crippen LogP contribution in [-0.4, -0.2) is 59.9 Å². The fourth-order valence-corrected chi connectivity index (χ4v) is 0. The molecule has 0 saturated carbocycles. The van der Waals surface area contributed by atoms with E-state index in [0.29, 0.717) is 10.1 Å². The molecular formula is H9InOSiSn. The van der Waals surface area contributed by atoms with Gasteiger partial charge in [0.15, 0.2) is 0 Å². The Balaban J connectivity index is -0.00000000500. The van der Waals surface area contributed by atoms with E-state index >= 15 is 0 Å². The fraction of sp³-hybridized carbons (Fsp3) is 0. The minimum absolute atomic E-state index is 0. The van der Waals surface area contributed by atoms with E-state index in [-0.39, 0.29) is 49.8 Å². The molecule has 1 nitrogen and oxygen atoms in total. The first-order valence-electron chi connectivity index (χ1n) is 0.289. The van der Waals surface area contributed by atoms with Gasteiger partial charge in [-0.1, -0.05) is 0 Å². The van der Waals surface area contributed by atoms with Crippen LogP contribution in [0.3, 0.4) is 0 Å². The molecule has 0 radical (unpaired) electrons. The van der Waals surface area contributed by atoms with Crippen molar-refractivity contribution in [2.75, 3.05) is 0 Å². The Bertz CT molecular complexity index is 8.00. The second kappa shape index (κ2) is 22.4. The molecule has 0 unspecified atom stereocenters. The molecule has 0 aromatic heterocycles. The summed E-state index contributed by atoms with van der Waals surface area (Å²) in [5.41, 5.74) is 0. The van der Waals surface area contributed by atoms with Gasteiger partial charge in [0.2, 0.25) is 10.1 Å². The van der Waals surface area contributed by atoms with E-state index in [1.54, 1.807) is 0 Å². The zero-order valence-electron chi connectivity index (χ0n) is 1.12. The van der Waals surface area contributed by atoms with Gasteiger partial charge in [-0.15, -0.1) is 0 Å². The molecule has 0 aliphatic heterocycles. The average molecular weight is 287 g/mol. The Labute approximate surface area is 63.8 Å². The molecule has 0 aliphatic rings. The van der Waals surface area contributed by atoms with Gasteiger partial charge in [0.25, 0.3) is 0 Å². The van der Waals surface area contributed by atoms with Crippen molar-refractivity contribution in [2.45, 2.75) is 0 Å². The van der Waals surface area contributed by atoms with Crippen LogP contribution in [0.1, 0.15) is 0 Å². The Kier molecular flexibility index (Phi) is 96.9. The second-order valence-electron chi connectivity index (χ2n) is 0. The van der Waals surface area contributed by atoms with Crippen molar-refractivity contribution in [3.63, 3.8) is 0 Å². The zero-order chi connectivity index (χ0) is 2.00.